The second-order valence-electron chi connectivity index (χ2n) is 8.15. The number of benzene rings is 2. The SMILES string of the molecule is CC(C)c1cccc(C(C)C)c1N1CC(C(=O)Nc2ccccc2C#N)CC1=O. The Morgan fingerprint density at radius 2 is 1.69 bits per heavy atom. The van der Waals surface area contributed by atoms with E-state index < -0.39 is 5.92 Å². The van der Waals surface area contributed by atoms with Crippen molar-refractivity contribution in [2.24, 2.45) is 5.92 Å². The Morgan fingerprint density at radius 3 is 2.28 bits per heavy atom. The van der Waals surface area contributed by atoms with Crippen LogP contribution in [-0.4, -0.2) is 18.4 Å². The fourth-order valence-corrected chi connectivity index (χ4v) is 3.85. The summed E-state index contributed by atoms with van der Waals surface area (Å²) in [6, 6.07) is 15.1. The maximum absolute atomic E-state index is 12.9. The molecule has 1 aliphatic rings. The first-order chi connectivity index (χ1) is 13.8. The van der Waals surface area contributed by atoms with Crippen LogP contribution in [0, 0.1) is 17.2 Å². The number of nitrogens with zero attached hydrogens (tertiary/aromatic N) is 2. The number of para-hydroxylation sites is 2. The lowest BCUT2D eigenvalue weighted by atomic mass is 9.92. The van der Waals surface area contributed by atoms with Crippen LogP contribution in [0.2, 0.25) is 0 Å². The number of nitriles is 1. The predicted molar refractivity (Wildman–Crippen MR) is 115 cm³/mol. The maximum Gasteiger partial charge on any atom is 0.229 e. The van der Waals surface area contributed by atoms with Crippen LogP contribution < -0.4 is 10.2 Å². The molecule has 150 valence electrons. The largest absolute Gasteiger partial charge is 0.325 e. The van der Waals surface area contributed by atoms with Crippen LogP contribution in [-0.2, 0) is 9.59 Å². The van der Waals surface area contributed by atoms with Gasteiger partial charge in [0.05, 0.1) is 22.9 Å². The Hall–Kier alpha value is -3.13. The van der Waals surface area contributed by atoms with Gasteiger partial charge in [-0.2, -0.15) is 5.26 Å². The van der Waals surface area contributed by atoms with Crippen molar-refractivity contribution in [3.05, 3.63) is 59.2 Å². The molecule has 29 heavy (non-hydrogen) atoms. The summed E-state index contributed by atoms with van der Waals surface area (Å²) in [7, 11) is 0. The molecule has 0 spiro atoms. The van der Waals surface area contributed by atoms with E-state index in [1.165, 1.54) is 0 Å². The van der Waals surface area contributed by atoms with Crippen molar-refractivity contribution in [1.29, 1.82) is 5.26 Å². The Bertz CT molecular complexity index is 946. The number of anilines is 2. The highest BCUT2D eigenvalue weighted by atomic mass is 16.2. The number of hydrogen-bond acceptors (Lipinski definition) is 3. The summed E-state index contributed by atoms with van der Waals surface area (Å²) in [6.45, 7) is 8.82. The van der Waals surface area contributed by atoms with Crippen LogP contribution >= 0.6 is 0 Å². The molecule has 2 aromatic carbocycles. The van der Waals surface area contributed by atoms with Crippen molar-refractivity contribution >= 4 is 23.2 Å². The van der Waals surface area contributed by atoms with Crippen LogP contribution in [0.25, 0.3) is 0 Å². The standard InChI is InChI=1S/C24H27N3O2/c1-15(2)19-9-7-10-20(16(3)4)23(19)27-14-18(12-22(27)28)24(29)26-21-11-6-5-8-17(21)13-25/h5-11,15-16,18H,12,14H2,1-4H3,(H,26,29). The van der Waals surface area contributed by atoms with Gasteiger partial charge >= 0.3 is 0 Å². The summed E-state index contributed by atoms with van der Waals surface area (Å²) >= 11 is 0. The topological polar surface area (TPSA) is 73.2 Å². The molecule has 0 bridgehead atoms. The van der Waals surface area contributed by atoms with Gasteiger partial charge in [-0.25, -0.2) is 0 Å². The maximum atomic E-state index is 12.9. The van der Waals surface area contributed by atoms with Crippen LogP contribution in [0.3, 0.4) is 0 Å². The molecule has 1 heterocycles. The number of nitrogens with one attached hydrogen (secondary N) is 1. The van der Waals surface area contributed by atoms with E-state index in [0.29, 0.717) is 17.8 Å². The summed E-state index contributed by atoms with van der Waals surface area (Å²) in [4.78, 5) is 27.5. The molecular formula is C24H27N3O2. The highest BCUT2D eigenvalue weighted by Crippen LogP contribution is 2.38. The van der Waals surface area contributed by atoms with E-state index >= 15 is 0 Å². The molecular weight excluding hydrogens is 362 g/mol. The minimum atomic E-state index is -0.450. The van der Waals surface area contributed by atoms with Crippen molar-refractivity contribution in [2.75, 3.05) is 16.8 Å². The van der Waals surface area contributed by atoms with Gasteiger partial charge in [0.2, 0.25) is 11.8 Å². The molecule has 2 aromatic rings. The van der Waals surface area contributed by atoms with Gasteiger partial charge in [0.1, 0.15) is 6.07 Å². The highest BCUT2D eigenvalue weighted by molar-refractivity contribution is 6.04. The van der Waals surface area contributed by atoms with E-state index in [0.717, 1.165) is 16.8 Å². The predicted octanol–water partition coefficient (Wildman–Crippen LogP) is 4.80. The Morgan fingerprint density at radius 1 is 1.07 bits per heavy atom. The number of rotatable bonds is 5. The lowest BCUT2D eigenvalue weighted by Crippen LogP contribution is -2.30. The third-order valence-electron chi connectivity index (χ3n) is 5.41. The second-order valence-corrected chi connectivity index (χ2v) is 8.15. The zero-order valence-electron chi connectivity index (χ0n) is 17.4. The molecule has 0 aromatic heterocycles. The van der Waals surface area contributed by atoms with Gasteiger partial charge in [-0.15, -0.1) is 0 Å². The lowest BCUT2D eigenvalue weighted by molar-refractivity contribution is -0.122. The van der Waals surface area contributed by atoms with Crippen molar-refractivity contribution in [1.82, 2.24) is 0 Å². The van der Waals surface area contributed by atoms with E-state index in [1.807, 2.05) is 6.07 Å². The van der Waals surface area contributed by atoms with Crippen LogP contribution in [0.5, 0.6) is 0 Å². The molecule has 0 saturated carbocycles. The number of carbonyl (C=O) groups excluding carboxylic acids is 2. The number of carbonyl (C=O) groups is 2. The molecule has 0 aliphatic carbocycles. The molecule has 1 unspecified atom stereocenters. The van der Waals surface area contributed by atoms with Crippen molar-refractivity contribution in [3.63, 3.8) is 0 Å². The molecule has 0 radical (unpaired) electrons. The van der Waals surface area contributed by atoms with E-state index in [1.54, 1.807) is 29.2 Å². The Labute approximate surface area is 172 Å². The fraction of sp³-hybridized carbons (Fsp3) is 0.375. The minimum absolute atomic E-state index is 0.0336. The third-order valence-corrected chi connectivity index (χ3v) is 5.41. The summed E-state index contributed by atoms with van der Waals surface area (Å²) in [5.41, 5.74) is 4.10. The van der Waals surface area contributed by atoms with Crippen LogP contribution in [0.4, 0.5) is 11.4 Å². The minimum Gasteiger partial charge on any atom is -0.325 e. The van der Waals surface area contributed by atoms with Crippen molar-refractivity contribution in [2.45, 2.75) is 46.0 Å². The molecule has 1 N–H and O–H groups in total. The lowest BCUT2D eigenvalue weighted by Gasteiger charge is -2.27. The average Bonchev–Trinajstić information content (AvgIpc) is 3.09. The van der Waals surface area contributed by atoms with Gasteiger partial charge in [-0.05, 0) is 35.1 Å². The van der Waals surface area contributed by atoms with Crippen molar-refractivity contribution in [3.8, 4) is 6.07 Å². The Kier molecular flexibility index (Phi) is 6.03. The molecule has 1 atom stereocenters. The second kappa shape index (κ2) is 8.48. The first kappa shape index (κ1) is 20.6. The molecule has 1 saturated heterocycles. The van der Waals surface area contributed by atoms with Gasteiger partial charge in [-0.3, -0.25) is 9.59 Å². The summed E-state index contributed by atoms with van der Waals surface area (Å²) in [5.74, 6) is -0.168. The molecule has 1 aliphatic heterocycles. The summed E-state index contributed by atoms with van der Waals surface area (Å²) in [6.07, 6.45) is 0.171. The molecule has 3 rings (SSSR count). The van der Waals surface area contributed by atoms with E-state index in [9.17, 15) is 14.9 Å². The molecule has 5 heteroatoms. The number of hydrogen-bond donors (Lipinski definition) is 1. The number of amides is 2. The first-order valence-electron chi connectivity index (χ1n) is 10.1. The third kappa shape index (κ3) is 4.17. The molecule has 5 nitrogen and oxygen atoms in total. The van der Waals surface area contributed by atoms with Gasteiger partial charge in [-0.1, -0.05) is 58.0 Å². The van der Waals surface area contributed by atoms with Crippen LogP contribution in [0.1, 0.15) is 62.6 Å². The zero-order valence-corrected chi connectivity index (χ0v) is 17.4. The van der Waals surface area contributed by atoms with Gasteiger partial charge in [0.15, 0.2) is 0 Å². The summed E-state index contributed by atoms with van der Waals surface area (Å²) in [5, 5.41) is 12.1. The zero-order chi connectivity index (χ0) is 21.1. The monoisotopic (exact) mass is 389 g/mol. The molecule has 2 amide bonds. The Balaban J connectivity index is 1.88. The first-order valence-corrected chi connectivity index (χ1v) is 10.1. The smallest absolute Gasteiger partial charge is 0.229 e. The van der Waals surface area contributed by atoms with Crippen LogP contribution in [0.15, 0.2) is 42.5 Å². The average molecular weight is 389 g/mol. The van der Waals surface area contributed by atoms with Gasteiger partial charge < -0.3 is 10.2 Å². The summed E-state index contributed by atoms with van der Waals surface area (Å²) < 4.78 is 0. The molecule has 1 fully saturated rings. The quantitative estimate of drug-likeness (QED) is 0.798. The van der Waals surface area contributed by atoms with Gasteiger partial charge in [0.25, 0.3) is 0 Å². The van der Waals surface area contributed by atoms with E-state index in [2.05, 4.69) is 51.2 Å². The van der Waals surface area contributed by atoms with Gasteiger partial charge in [0, 0.05) is 13.0 Å². The fourth-order valence-electron chi connectivity index (χ4n) is 3.85. The van der Waals surface area contributed by atoms with Crippen molar-refractivity contribution < 1.29 is 9.59 Å². The van der Waals surface area contributed by atoms with E-state index in [4.69, 9.17) is 0 Å². The van der Waals surface area contributed by atoms with E-state index in [-0.39, 0.29) is 30.1 Å². The normalized spacial score (nSPS) is 16.4. The highest BCUT2D eigenvalue weighted by Gasteiger charge is 2.37.